The predicted octanol–water partition coefficient (Wildman–Crippen LogP) is 1.86. The second kappa shape index (κ2) is 4.67. The van der Waals surface area contributed by atoms with Crippen LogP contribution in [0.25, 0.3) is 0 Å². The molecule has 3 aliphatic rings. The molecule has 3 nitrogen and oxygen atoms in total. The van der Waals surface area contributed by atoms with E-state index >= 15 is 0 Å². The molecule has 3 fully saturated rings. The van der Waals surface area contributed by atoms with Gasteiger partial charge in [-0.3, -0.25) is 4.79 Å². The molecule has 1 unspecified atom stereocenters. The predicted molar refractivity (Wildman–Crippen MR) is 69.4 cm³/mol. The number of likely N-dealkylation sites (tertiary alicyclic amines) is 1. The minimum absolute atomic E-state index is 0.0357. The van der Waals surface area contributed by atoms with Gasteiger partial charge in [-0.05, 0) is 26.2 Å². The van der Waals surface area contributed by atoms with E-state index in [0.29, 0.717) is 18.9 Å². The SMILES string of the molecule is CCOC1CSC2(C1)CN(C(=O)C1CC(F)C1)C2. The molecular weight excluding hydrogens is 253 g/mol. The van der Waals surface area contributed by atoms with Crippen LogP contribution in [0.5, 0.6) is 0 Å². The van der Waals surface area contributed by atoms with Crippen LogP contribution in [-0.4, -0.2) is 53.3 Å². The number of carbonyl (C=O) groups is 1. The number of rotatable bonds is 3. The van der Waals surface area contributed by atoms with Crippen molar-refractivity contribution >= 4 is 17.7 Å². The molecule has 1 amide bonds. The van der Waals surface area contributed by atoms with Gasteiger partial charge in [0.15, 0.2) is 0 Å². The molecule has 0 bridgehead atoms. The smallest absolute Gasteiger partial charge is 0.225 e. The van der Waals surface area contributed by atoms with Gasteiger partial charge in [-0.15, -0.1) is 11.8 Å². The van der Waals surface area contributed by atoms with Crippen molar-refractivity contribution in [2.45, 2.75) is 43.2 Å². The second-order valence-electron chi connectivity index (χ2n) is 5.74. The number of thioether (sulfide) groups is 1. The highest BCUT2D eigenvalue weighted by atomic mass is 32.2. The maximum absolute atomic E-state index is 12.8. The molecule has 0 aromatic heterocycles. The van der Waals surface area contributed by atoms with E-state index < -0.39 is 6.17 Å². The summed E-state index contributed by atoms with van der Waals surface area (Å²) in [7, 11) is 0. The number of halogens is 1. The number of carbonyl (C=O) groups excluding carboxylic acids is 1. The van der Waals surface area contributed by atoms with Crippen molar-refractivity contribution in [3.63, 3.8) is 0 Å². The van der Waals surface area contributed by atoms with Gasteiger partial charge in [-0.2, -0.15) is 0 Å². The standard InChI is InChI=1S/C13H20FNO2S/c1-2-17-11-5-13(18-6-11)7-15(8-13)12(16)9-3-10(14)4-9/h9-11H,2-8H2,1H3. The maximum Gasteiger partial charge on any atom is 0.225 e. The van der Waals surface area contributed by atoms with Crippen LogP contribution in [0.15, 0.2) is 0 Å². The number of hydrogen-bond donors (Lipinski definition) is 0. The van der Waals surface area contributed by atoms with Gasteiger partial charge in [0.2, 0.25) is 5.91 Å². The summed E-state index contributed by atoms with van der Waals surface area (Å²) < 4.78 is 18.6. The molecular formula is C13H20FNO2S. The van der Waals surface area contributed by atoms with E-state index in [-0.39, 0.29) is 16.6 Å². The monoisotopic (exact) mass is 273 g/mol. The van der Waals surface area contributed by atoms with Crippen LogP contribution in [0.4, 0.5) is 4.39 Å². The summed E-state index contributed by atoms with van der Waals surface area (Å²) in [4.78, 5) is 13.9. The summed E-state index contributed by atoms with van der Waals surface area (Å²) in [5, 5.41) is 0. The van der Waals surface area contributed by atoms with E-state index in [1.807, 2.05) is 23.6 Å². The van der Waals surface area contributed by atoms with Crippen LogP contribution in [0.1, 0.15) is 26.2 Å². The van der Waals surface area contributed by atoms with Crippen molar-refractivity contribution in [1.82, 2.24) is 4.90 Å². The maximum atomic E-state index is 12.8. The number of nitrogens with zero attached hydrogens (tertiary/aromatic N) is 1. The van der Waals surface area contributed by atoms with Crippen molar-refractivity contribution in [1.29, 1.82) is 0 Å². The fraction of sp³-hybridized carbons (Fsp3) is 0.923. The average Bonchev–Trinajstić information content (AvgIpc) is 2.67. The molecule has 3 rings (SSSR count). The first-order chi connectivity index (χ1) is 8.62. The molecule has 0 radical (unpaired) electrons. The van der Waals surface area contributed by atoms with E-state index in [1.165, 1.54) is 0 Å². The van der Waals surface area contributed by atoms with Crippen molar-refractivity contribution in [2.75, 3.05) is 25.4 Å². The van der Waals surface area contributed by atoms with Crippen LogP contribution in [0.2, 0.25) is 0 Å². The Bertz CT molecular complexity index is 340. The molecule has 2 aliphatic heterocycles. The zero-order valence-electron chi connectivity index (χ0n) is 10.7. The number of hydrogen-bond acceptors (Lipinski definition) is 3. The molecule has 1 atom stereocenters. The summed E-state index contributed by atoms with van der Waals surface area (Å²) in [5.74, 6) is 1.19. The highest BCUT2D eigenvalue weighted by Crippen LogP contribution is 2.47. The molecule has 1 aliphatic carbocycles. The summed E-state index contributed by atoms with van der Waals surface area (Å²) in [6.07, 6.45) is 1.56. The van der Waals surface area contributed by atoms with Gasteiger partial charge in [-0.1, -0.05) is 0 Å². The normalized spacial score (nSPS) is 37.4. The highest BCUT2D eigenvalue weighted by Gasteiger charge is 2.52. The first-order valence-corrected chi connectivity index (χ1v) is 7.79. The molecule has 2 saturated heterocycles. The summed E-state index contributed by atoms with van der Waals surface area (Å²) in [5.41, 5.74) is 0. The zero-order chi connectivity index (χ0) is 12.8. The van der Waals surface area contributed by atoms with Crippen molar-refractivity contribution in [2.24, 2.45) is 5.92 Å². The molecule has 0 N–H and O–H groups in total. The van der Waals surface area contributed by atoms with E-state index in [2.05, 4.69) is 0 Å². The minimum Gasteiger partial charge on any atom is -0.378 e. The fourth-order valence-electron chi connectivity index (χ4n) is 3.18. The Balaban J connectivity index is 1.47. The Morgan fingerprint density at radius 2 is 2.22 bits per heavy atom. The summed E-state index contributed by atoms with van der Waals surface area (Å²) in [6.45, 7) is 4.47. The van der Waals surface area contributed by atoms with Gasteiger partial charge in [0.1, 0.15) is 6.17 Å². The lowest BCUT2D eigenvalue weighted by atomic mass is 9.80. The third-order valence-corrected chi connectivity index (χ3v) is 5.85. The lowest BCUT2D eigenvalue weighted by molar-refractivity contribution is -0.146. The van der Waals surface area contributed by atoms with E-state index in [9.17, 15) is 9.18 Å². The first-order valence-electron chi connectivity index (χ1n) is 6.80. The van der Waals surface area contributed by atoms with E-state index in [0.717, 1.165) is 31.9 Å². The molecule has 1 spiro atoms. The number of amides is 1. The summed E-state index contributed by atoms with van der Waals surface area (Å²) in [6, 6.07) is 0. The fourth-order valence-corrected chi connectivity index (χ4v) is 4.73. The Kier molecular flexibility index (Phi) is 3.30. The molecule has 5 heteroatoms. The lowest BCUT2D eigenvalue weighted by Gasteiger charge is -2.49. The molecule has 0 aromatic rings. The van der Waals surface area contributed by atoms with Crippen LogP contribution in [0, 0.1) is 5.92 Å². The largest absolute Gasteiger partial charge is 0.378 e. The van der Waals surface area contributed by atoms with Gasteiger partial charge in [0.25, 0.3) is 0 Å². The molecule has 1 saturated carbocycles. The second-order valence-corrected chi connectivity index (χ2v) is 7.22. The van der Waals surface area contributed by atoms with Gasteiger partial charge in [0, 0.05) is 31.4 Å². The molecule has 102 valence electrons. The molecule has 0 aromatic carbocycles. The van der Waals surface area contributed by atoms with Gasteiger partial charge in [0.05, 0.1) is 10.9 Å². The van der Waals surface area contributed by atoms with E-state index in [1.54, 1.807) is 0 Å². The number of alkyl halides is 1. The summed E-state index contributed by atoms with van der Waals surface area (Å²) >= 11 is 1.95. The van der Waals surface area contributed by atoms with Crippen molar-refractivity contribution in [3.05, 3.63) is 0 Å². The van der Waals surface area contributed by atoms with Crippen LogP contribution >= 0.6 is 11.8 Å². The Labute approximate surface area is 111 Å². The third kappa shape index (κ3) is 2.16. The van der Waals surface area contributed by atoms with Crippen molar-refractivity contribution in [3.8, 4) is 0 Å². The number of ether oxygens (including phenoxy) is 1. The van der Waals surface area contributed by atoms with Crippen LogP contribution < -0.4 is 0 Å². The Morgan fingerprint density at radius 1 is 1.50 bits per heavy atom. The Hall–Kier alpha value is -0.290. The lowest BCUT2D eigenvalue weighted by Crippen LogP contribution is -2.62. The van der Waals surface area contributed by atoms with Crippen molar-refractivity contribution < 1.29 is 13.9 Å². The van der Waals surface area contributed by atoms with Crippen LogP contribution in [0.3, 0.4) is 0 Å². The van der Waals surface area contributed by atoms with Crippen LogP contribution in [-0.2, 0) is 9.53 Å². The third-order valence-electron chi connectivity index (χ3n) is 4.28. The minimum atomic E-state index is -0.739. The van der Waals surface area contributed by atoms with Gasteiger partial charge >= 0.3 is 0 Å². The van der Waals surface area contributed by atoms with Gasteiger partial charge in [-0.25, -0.2) is 4.39 Å². The molecule has 18 heavy (non-hydrogen) atoms. The topological polar surface area (TPSA) is 29.5 Å². The molecule has 2 heterocycles. The van der Waals surface area contributed by atoms with Gasteiger partial charge < -0.3 is 9.64 Å². The zero-order valence-corrected chi connectivity index (χ0v) is 11.5. The highest BCUT2D eigenvalue weighted by molar-refractivity contribution is 8.01. The van der Waals surface area contributed by atoms with E-state index in [4.69, 9.17) is 4.74 Å². The first kappa shape index (κ1) is 12.7. The Morgan fingerprint density at radius 3 is 2.83 bits per heavy atom. The average molecular weight is 273 g/mol. The quantitative estimate of drug-likeness (QED) is 0.786.